The Kier molecular flexibility index (Phi) is 6.07. The first-order valence-electron chi connectivity index (χ1n) is 12.1. The molecule has 6 heteroatoms. The van der Waals surface area contributed by atoms with Crippen molar-refractivity contribution in [2.24, 2.45) is 10.7 Å². The molecule has 2 unspecified atom stereocenters. The largest absolute Gasteiger partial charge is 0.497 e. The summed E-state index contributed by atoms with van der Waals surface area (Å²) in [6.07, 6.45) is 3.03. The highest BCUT2D eigenvalue weighted by Crippen LogP contribution is 2.42. The molecule has 1 aliphatic heterocycles. The van der Waals surface area contributed by atoms with Crippen molar-refractivity contribution in [3.63, 3.8) is 0 Å². The molecule has 3 aromatic carbocycles. The zero-order valence-electron chi connectivity index (χ0n) is 20.5. The molecule has 1 aliphatic carbocycles. The molecule has 1 amide bonds. The average Bonchev–Trinajstić information content (AvgIpc) is 3.13. The lowest BCUT2D eigenvalue weighted by molar-refractivity contribution is -0.129. The first-order chi connectivity index (χ1) is 17.0. The Hall–Kier alpha value is -3.64. The number of aryl methyl sites for hydroxylation is 1. The summed E-state index contributed by atoms with van der Waals surface area (Å²) >= 11 is 0. The van der Waals surface area contributed by atoms with Crippen LogP contribution in [-0.2, 0) is 27.9 Å². The highest BCUT2D eigenvalue weighted by atomic mass is 16.5. The molecular weight excluding hydrogens is 438 g/mol. The maximum Gasteiger partial charge on any atom is 0.266 e. The first kappa shape index (κ1) is 23.1. The Bertz CT molecular complexity index is 1300. The van der Waals surface area contributed by atoms with Crippen LogP contribution in [0.5, 0.6) is 5.75 Å². The van der Waals surface area contributed by atoms with Crippen LogP contribution < -0.4 is 10.5 Å². The van der Waals surface area contributed by atoms with Gasteiger partial charge >= 0.3 is 0 Å². The number of amides is 1. The minimum absolute atomic E-state index is 0.152. The van der Waals surface area contributed by atoms with Gasteiger partial charge in [-0.2, -0.15) is 0 Å². The molecule has 0 saturated carbocycles. The number of rotatable bonds is 6. The number of hydrogen-bond acceptors (Lipinski definition) is 5. The van der Waals surface area contributed by atoms with Crippen LogP contribution in [0, 0.1) is 0 Å². The van der Waals surface area contributed by atoms with Gasteiger partial charge in [-0.3, -0.25) is 9.69 Å². The monoisotopic (exact) mass is 469 g/mol. The van der Waals surface area contributed by atoms with Gasteiger partial charge in [-0.15, -0.1) is 0 Å². The molecule has 1 heterocycles. The average molecular weight is 470 g/mol. The van der Waals surface area contributed by atoms with Crippen LogP contribution in [0.15, 0.2) is 71.7 Å². The number of carbonyl (C=O) groups excluding carboxylic acids is 1. The van der Waals surface area contributed by atoms with E-state index in [1.807, 2.05) is 61.5 Å². The van der Waals surface area contributed by atoms with Gasteiger partial charge in [0.2, 0.25) is 0 Å². The number of likely N-dealkylation sites (N-methyl/N-ethyl adjacent to an activating group) is 1. The standard InChI is InChI=1S/C29H31N3O3/c1-4-35-26-14-12-21-16-24(13-11-22(21)18-26)29(27(33)32(2)28(30)31-29)23-9-5-7-19(15-23)20-8-6-10-25(17-20)34-3/h5-11,13,15-17,26H,4,12,14,18H2,1-3H3,(H2,30,31). The highest BCUT2D eigenvalue weighted by Gasteiger charge is 2.49. The van der Waals surface area contributed by atoms with Crippen LogP contribution >= 0.6 is 0 Å². The topological polar surface area (TPSA) is 77.2 Å². The minimum atomic E-state index is -1.22. The van der Waals surface area contributed by atoms with Crippen molar-refractivity contribution in [1.82, 2.24) is 4.90 Å². The molecule has 0 bridgehead atoms. The molecule has 0 fully saturated rings. The predicted octanol–water partition coefficient (Wildman–Crippen LogP) is 4.29. The second kappa shape index (κ2) is 9.19. The van der Waals surface area contributed by atoms with E-state index in [1.165, 1.54) is 16.0 Å². The molecule has 2 atom stereocenters. The summed E-state index contributed by atoms with van der Waals surface area (Å²) in [6, 6.07) is 22.2. The van der Waals surface area contributed by atoms with Crippen molar-refractivity contribution in [2.75, 3.05) is 20.8 Å². The SMILES string of the molecule is CCOC1CCc2cc(C3(c4cccc(-c5cccc(OC)c5)c4)N=C(N)N(C)C3=O)ccc2C1. The van der Waals surface area contributed by atoms with Crippen LogP contribution in [0.3, 0.4) is 0 Å². The van der Waals surface area contributed by atoms with Gasteiger partial charge < -0.3 is 15.2 Å². The second-order valence-electron chi connectivity index (χ2n) is 9.16. The zero-order valence-corrected chi connectivity index (χ0v) is 20.5. The lowest BCUT2D eigenvalue weighted by atomic mass is 9.79. The number of aliphatic imine (C=N–C) groups is 1. The van der Waals surface area contributed by atoms with E-state index in [0.717, 1.165) is 53.9 Å². The Balaban J connectivity index is 1.62. The van der Waals surface area contributed by atoms with Crippen molar-refractivity contribution in [2.45, 2.75) is 37.8 Å². The molecule has 6 nitrogen and oxygen atoms in total. The van der Waals surface area contributed by atoms with Crippen molar-refractivity contribution in [3.8, 4) is 16.9 Å². The first-order valence-corrected chi connectivity index (χ1v) is 12.1. The lowest BCUT2D eigenvalue weighted by Crippen LogP contribution is -2.41. The number of nitrogens with zero attached hydrogens (tertiary/aromatic N) is 2. The molecule has 3 aromatic rings. The summed E-state index contributed by atoms with van der Waals surface area (Å²) in [4.78, 5) is 20.0. The maximum atomic E-state index is 13.8. The van der Waals surface area contributed by atoms with Gasteiger partial charge in [0.1, 0.15) is 5.75 Å². The van der Waals surface area contributed by atoms with E-state index < -0.39 is 5.54 Å². The van der Waals surface area contributed by atoms with E-state index in [2.05, 4.69) is 12.1 Å². The number of guanidine groups is 1. The van der Waals surface area contributed by atoms with Gasteiger partial charge in [-0.25, -0.2) is 4.99 Å². The zero-order chi connectivity index (χ0) is 24.6. The smallest absolute Gasteiger partial charge is 0.266 e. The fourth-order valence-corrected chi connectivity index (χ4v) is 5.24. The fourth-order valence-electron chi connectivity index (χ4n) is 5.24. The molecule has 0 spiro atoms. The highest BCUT2D eigenvalue weighted by molar-refractivity contribution is 6.09. The van der Waals surface area contributed by atoms with Gasteiger partial charge in [-0.1, -0.05) is 48.5 Å². The summed E-state index contributed by atoms with van der Waals surface area (Å²) in [7, 11) is 3.33. The van der Waals surface area contributed by atoms with Crippen LogP contribution in [0.2, 0.25) is 0 Å². The van der Waals surface area contributed by atoms with Crippen molar-refractivity contribution < 1.29 is 14.3 Å². The van der Waals surface area contributed by atoms with Gasteiger partial charge in [0.15, 0.2) is 11.5 Å². The maximum absolute atomic E-state index is 13.8. The number of nitrogens with two attached hydrogens (primary N) is 1. The van der Waals surface area contributed by atoms with E-state index >= 15 is 0 Å². The summed E-state index contributed by atoms with van der Waals surface area (Å²) in [5, 5.41) is 0. The molecule has 5 rings (SSSR count). The van der Waals surface area contributed by atoms with Crippen molar-refractivity contribution >= 4 is 11.9 Å². The van der Waals surface area contributed by atoms with E-state index in [4.69, 9.17) is 20.2 Å². The Labute approximate surface area is 206 Å². The van der Waals surface area contributed by atoms with Crippen LogP contribution in [-0.4, -0.2) is 43.6 Å². The number of ether oxygens (including phenoxy) is 2. The predicted molar refractivity (Wildman–Crippen MR) is 137 cm³/mol. The quantitative estimate of drug-likeness (QED) is 0.584. The molecule has 0 aromatic heterocycles. The van der Waals surface area contributed by atoms with Gasteiger partial charge in [-0.05, 0) is 77.8 Å². The number of benzene rings is 3. The Morgan fingerprint density at radius 3 is 2.49 bits per heavy atom. The normalized spacial score (nSPS) is 21.6. The summed E-state index contributed by atoms with van der Waals surface area (Å²) in [6.45, 7) is 2.76. The molecule has 2 aliphatic rings. The van der Waals surface area contributed by atoms with Crippen molar-refractivity contribution in [3.05, 3.63) is 89.0 Å². The number of fused-ring (bicyclic) bond motifs is 1. The van der Waals surface area contributed by atoms with Crippen LogP contribution in [0.4, 0.5) is 0 Å². The van der Waals surface area contributed by atoms with E-state index in [-0.39, 0.29) is 18.0 Å². The van der Waals surface area contributed by atoms with E-state index in [0.29, 0.717) is 0 Å². The number of hydrogen-bond donors (Lipinski definition) is 1. The van der Waals surface area contributed by atoms with Gasteiger partial charge in [0, 0.05) is 13.7 Å². The Morgan fingerprint density at radius 2 is 1.77 bits per heavy atom. The summed E-state index contributed by atoms with van der Waals surface area (Å²) < 4.78 is 11.3. The molecular formula is C29H31N3O3. The van der Waals surface area contributed by atoms with Crippen LogP contribution in [0.1, 0.15) is 35.6 Å². The van der Waals surface area contributed by atoms with E-state index in [9.17, 15) is 4.79 Å². The molecule has 180 valence electrons. The van der Waals surface area contributed by atoms with E-state index in [1.54, 1.807) is 14.2 Å². The number of carbonyl (C=O) groups is 1. The third-order valence-corrected chi connectivity index (χ3v) is 7.13. The minimum Gasteiger partial charge on any atom is -0.497 e. The van der Waals surface area contributed by atoms with Gasteiger partial charge in [0.05, 0.1) is 13.2 Å². The molecule has 0 radical (unpaired) electrons. The lowest BCUT2D eigenvalue weighted by Gasteiger charge is -2.30. The third-order valence-electron chi connectivity index (χ3n) is 7.13. The van der Waals surface area contributed by atoms with Crippen LogP contribution in [0.25, 0.3) is 11.1 Å². The molecule has 35 heavy (non-hydrogen) atoms. The fraction of sp³-hybridized carbons (Fsp3) is 0.310. The summed E-state index contributed by atoms with van der Waals surface area (Å²) in [5.74, 6) is 0.846. The van der Waals surface area contributed by atoms with Crippen molar-refractivity contribution in [1.29, 1.82) is 0 Å². The third kappa shape index (κ3) is 3.98. The van der Waals surface area contributed by atoms with Gasteiger partial charge in [0.25, 0.3) is 5.91 Å². The molecule has 2 N–H and O–H groups in total. The number of methoxy groups -OCH3 is 1. The summed E-state index contributed by atoms with van der Waals surface area (Å²) in [5.41, 5.74) is 11.1. The second-order valence-corrected chi connectivity index (χ2v) is 9.16. The molecule has 0 saturated heterocycles. The Morgan fingerprint density at radius 1 is 1.03 bits per heavy atom.